The van der Waals surface area contributed by atoms with Crippen molar-refractivity contribution in [2.45, 2.75) is 0 Å². The zero-order valence-corrected chi connectivity index (χ0v) is 7.15. The van der Waals surface area contributed by atoms with E-state index in [0.29, 0.717) is 11.2 Å². The molecule has 0 saturated carbocycles. The Morgan fingerprint density at radius 1 is 1.15 bits per heavy atom. The van der Waals surface area contributed by atoms with Crippen LogP contribution in [0.1, 0.15) is 0 Å². The van der Waals surface area contributed by atoms with E-state index in [1.165, 1.54) is 0 Å². The molecule has 8 heteroatoms. The van der Waals surface area contributed by atoms with E-state index in [9.17, 15) is 0 Å². The summed E-state index contributed by atoms with van der Waals surface area (Å²) in [5.41, 5.74) is 11.6. The molecule has 0 saturated heterocycles. The number of nitrogens with zero attached hydrogens (tertiary/aromatic N) is 4. The molecule has 0 unspecified atom stereocenters. The van der Waals surface area contributed by atoms with Gasteiger partial charge in [0, 0.05) is 0 Å². The maximum Gasteiger partial charge on any atom is 0.226 e. The van der Waals surface area contributed by atoms with Crippen LogP contribution in [0.4, 0.5) is 11.8 Å². The van der Waals surface area contributed by atoms with Crippen LogP contribution < -0.4 is 17.3 Å². The number of aromatic nitrogens is 4. The second kappa shape index (κ2) is 2.36. The molecule has 0 amide bonds. The topological polar surface area (TPSA) is 122 Å². The van der Waals surface area contributed by atoms with Gasteiger partial charge in [-0.2, -0.15) is 9.97 Å². The first-order valence-electron chi connectivity index (χ1n) is 3.31. The van der Waals surface area contributed by atoms with E-state index in [0.717, 1.165) is 4.68 Å². The maximum atomic E-state index is 5.57. The fraction of sp³-hybridized carbons (Fsp3) is 0. The maximum absolute atomic E-state index is 5.57. The summed E-state index contributed by atoms with van der Waals surface area (Å²) in [5, 5.41) is 0.0107. The lowest BCUT2D eigenvalue weighted by Crippen LogP contribution is -2.12. The van der Waals surface area contributed by atoms with Crippen molar-refractivity contribution in [3.63, 3.8) is 0 Å². The van der Waals surface area contributed by atoms with Crippen molar-refractivity contribution in [2.75, 3.05) is 17.3 Å². The van der Waals surface area contributed by atoms with E-state index in [-0.39, 0.29) is 17.0 Å². The lowest BCUT2D eigenvalue weighted by Gasteiger charge is -1.96. The Balaban J connectivity index is 2.94. The number of nitrogen functional groups attached to an aromatic ring is 3. The summed E-state index contributed by atoms with van der Waals surface area (Å²) in [7, 11) is 0. The summed E-state index contributed by atoms with van der Waals surface area (Å²) in [6, 6.07) is 0. The number of fused-ring (bicyclic) bond motifs is 1. The molecule has 0 atom stereocenters. The Labute approximate surface area is 77.5 Å². The number of halogens is 1. The lowest BCUT2D eigenvalue weighted by molar-refractivity contribution is 1.03. The van der Waals surface area contributed by atoms with Crippen LogP contribution in [-0.4, -0.2) is 19.6 Å². The van der Waals surface area contributed by atoms with Crippen LogP contribution in [0.2, 0.25) is 5.28 Å². The van der Waals surface area contributed by atoms with Gasteiger partial charge in [-0.3, -0.25) is 0 Å². The van der Waals surface area contributed by atoms with E-state index in [1.54, 1.807) is 0 Å². The zero-order chi connectivity index (χ0) is 9.59. The third-order valence-corrected chi connectivity index (χ3v) is 1.74. The highest BCUT2D eigenvalue weighted by Crippen LogP contribution is 2.19. The summed E-state index contributed by atoms with van der Waals surface area (Å²) in [4.78, 5) is 11.4. The summed E-state index contributed by atoms with van der Waals surface area (Å²) < 4.78 is 1.10. The average Bonchev–Trinajstić information content (AvgIpc) is 2.32. The number of nitrogens with two attached hydrogens (primary N) is 3. The van der Waals surface area contributed by atoms with Crippen LogP contribution in [0.15, 0.2) is 0 Å². The summed E-state index contributed by atoms with van der Waals surface area (Å²) in [6.07, 6.45) is 0. The van der Waals surface area contributed by atoms with E-state index in [4.69, 9.17) is 28.9 Å². The van der Waals surface area contributed by atoms with Gasteiger partial charge >= 0.3 is 0 Å². The lowest BCUT2D eigenvalue weighted by atomic mass is 10.5. The summed E-state index contributed by atoms with van der Waals surface area (Å²) >= 11 is 5.57. The van der Waals surface area contributed by atoms with Gasteiger partial charge in [-0.05, 0) is 11.6 Å². The van der Waals surface area contributed by atoms with E-state index in [2.05, 4.69) is 15.0 Å². The molecule has 13 heavy (non-hydrogen) atoms. The van der Waals surface area contributed by atoms with Gasteiger partial charge in [0.1, 0.15) is 0 Å². The number of rotatable bonds is 0. The molecule has 2 heterocycles. The fourth-order valence-electron chi connectivity index (χ4n) is 0.984. The predicted molar refractivity (Wildman–Crippen MR) is 49.3 cm³/mol. The Kier molecular flexibility index (Phi) is 1.43. The Morgan fingerprint density at radius 3 is 2.54 bits per heavy atom. The molecule has 7 nitrogen and oxygen atoms in total. The normalized spacial score (nSPS) is 10.8. The molecule has 2 aromatic rings. The predicted octanol–water partition coefficient (Wildman–Crippen LogP) is -0.642. The molecule has 0 radical (unpaired) electrons. The number of imidazole rings is 1. The fourth-order valence-corrected chi connectivity index (χ4v) is 1.16. The minimum Gasteiger partial charge on any atom is -0.382 e. The van der Waals surface area contributed by atoms with Gasteiger partial charge < -0.3 is 17.3 Å². The zero-order valence-electron chi connectivity index (χ0n) is 6.40. The molecule has 68 valence electrons. The van der Waals surface area contributed by atoms with Gasteiger partial charge in [0.2, 0.25) is 11.2 Å². The number of hydrogen-bond donors (Lipinski definition) is 3. The number of anilines is 2. The van der Waals surface area contributed by atoms with Crippen molar-refractivity contribution in [1.29, 1.82) is 0 Å². The smallest absolute Gasteiger partial charge is 0.226 e. The van der Waals surface area contributed by atoms with Gasteiger partial charge in [0.15, 0.2) is 17.0 Å². The van der Waals surface area contributed by atoms with E-state index < -0.39 is 0 Å². The quantitative estimate of drug-likeness (QED) is 0.383. The van der Waals surface area contributed by atoms with Crippen LogP contribution >= 0.6 is 11.6 Å². The molecule has 0 fully saturated rings. The van der Waals surface area contributed by atoms with Gasteiger partial charge in [-0.15, -0.1) is 0 Å². The first kappa shape index (κ1) is 7.87. The standard InChI is InChI=1S/C5H6ClN7/c6-4-11-2(7)1-3(12-4)13(9)5(8)10-1/h9H2,(H2,8,10)(H2,7,11,12). The van der Waals surface area contributed by atoms with Crippen molar-refractivity contribution < 1.29 is 0 Å². The Hall–Kier alpha value is -1.76. The largest absolute Gasteiger partial charge is 0.382 e. The highest BCUT2D eigenvalue weighted by atomic mass is 35.5. The molecule has 0 spiro atoms. The van der Waals surface area contributed by atoms with Crippen LogP contribution in [0.5, 0.6) is 0 Å². The third-order valence-electron chi connectivity index (χ3n) is 1.57. The molecule has 0 aliphatic rings. The average molecular weight is 200 g/mol. The van der Waals surface area contributed by atoms with Crippen LogP contribution in [0, 0.1) is 0 Å². The van der Waals surface area contributed by atoms with Crippen molar-refractivity contribution in [3.8, 4) is 0 Å². The molecule has 6 N–H and O–H groups in total. The van der Waals surface area contributed by atoms with Crippen molar-refractivity contribution in [3.05, 3.63) is 5.28 Å². The first-order valence-corrected chi connectivity index (χ1v) is 3.69. The van der Waals surface area contributed by atoms with Crippen molar-refractivity contribution in [2.24, 2.45) is 0 Å². The van der Waals surface area contributed by atoms with Gasteiger partial charge in [-0.1, -0.05) is 0 Å². The SMILES string of the molecule is Nc1nc(Cl)nc2c1nc(N)n2N. The first-order chi connectivity index (χ1) is 6.09. The van der Waals surface area contributed by atoms with Gasteiger partial charge in [0.25, 0.3) is 0 Å². The van der Waals surface area contributed by atoms with Crippen LogP contribution in [0.3, 0.4) is 0 Å². The molecule has 2 aromatic heterocycles. The van der Waals surface area contributed by atoms with Crippen molar-refractivity contribution >= 4 is 34.5 Å². The van der Waals surface area contributed by atoms with E-state index >= 15 is 0 Å². The second-order valence-electron chi connectivity index (χ2n) is 2.39. The molecule has 0 aliphatic heterocycles. The highest BCUT2D eigenvalue weighted by Gasteiger charge is 2.11. The summed E-state index contributed by atoms with van der Waals surface area (Å²) in [6.45, 7) is 0. The third kappa shape index (κ3) is 1.01. The van der Waals surface area contributed by atoms with Crippen LogP contribution in [0.25, 0.3) is 11.2 Å². The summed E-state index contributed by atoms with van der Waals surface area (Å²) in [5.74, 6) is 5.77. The molecule has 2 rings (SSSR count). The van der Waals surface area contributed by atoms with Crippen LogP contribution in [-0.2, 0) is 0 Å². The van der Waals surface area contributed by atoms with E-state index in [1.807, 2.05) is 0 Å². The molecule has 0 bridgehead atoms. The molecular weight excluding hydrogens is 194 g/mol. The highest BCUT2D eigenvalue weighted by molar-refractivity contribution is 6.28. The van der Waals surface area contributed by atoms with Gasteiger partial charge in [0.05, 0.1) is 0 Å². The Bertz CT molecular complexity index is 475. The molecular formula is C5H6ClN7. The van der Waals surface area contributed by atoms with Gasteiger partial charge in [-0.25, -0.2) is 9.66 Å². The monoisotopic (exact) mass is 199 g/mol. The van der Waals surface area contributed by atoms with Crippen molar-refractivity contribution in [1.82, 2.24) is 19.6 Å². The Morgan fingerprint density at radius 2 is 1.85 bits per heavy atom. The minimum atomic E-state index is 0.0107. The number of hydrogen-bond acceptors (Lipinski definition) is 6. The minimum absolute atomic E-state index is 0.0107. The molecule has 0 aromatic carbocycles. The molecule has 0 aliphatic carbocycles. The second-order valence-corrected chi connectivity index (χ2v) is 2.73.